The van der Waals surface area contributed by atoms with Crippen LogP contribution in [-0.4, -0.2) is 29.3 Å². The Morgan fingerprint density at radius 3 is 2.56 bits per heavy atom. The van der Waals surface area contributed by atoms with Crippen LogP contribution in [0.3, 0.4) is 0 Å². The molecule has 1 aromatic heterocycles. The van der Waals surface area contributed by atoms with Crippen LogP contribution in [-0.2, 0) is 13.0 Å². The number of nitrogens with zero attached hydrogens (tertiary/aromatic N) is 2. The largest absolute Gasteiger partial charge is 0.312 e. The van der Waals surface area contributed by atoms with Crippen molar-refractivity contribution in [1.82, 2.24) is 15.1 Å². The van der Waals surface area contributed by atoms with Gasteiger partial charge in [0.1, 0.15) is 0 Å². The monoisotopic (exact) mass is 251 g/mol. The van der Waals surface area contributed by atoms with Crippen LogP contribution in [0.15, 0.2) is 0 Å². The maximum absolute atomic E-state index is 12.6. The van der Waals surface area contributed by atoms with Crippen molar-refractivity contribution in [2.24, 2.45) is 0 Å². The van der Waals surface area contributed by atoms with Gasteiger partial charge in [-0.25, -0.2) is 8.78 Å². The molecule has 0 aromatic carbocycles. The van der Waals surface area contributed by atoms with Gasteiger partial charge in [0, 0.05) is 13.0 Å². The lowest BCUT2D eigenvalue weighted by molar-refractivity contribution is 0.101. The summed E-state index contributed by atoms with van der Waals surface area (Å²) in [5, 5.41) is 7.26. The summed E-state index contributed by atoms with van der Waals surface area (Å²) >= 11 is 6.04. The van der Waals surface area contributed by atoms with E-state index in [4.69, 9.17) is 11.6 Å². The Hall–Kier alpha value is -0.680. The fourth-order valence-electron chi connectivity index (χ4n) is 1.59. The molecule has 0 amide bonds. The minimum atomic E-state index is -2.42. The minimum absolute atomic E-state index is 0.182. The lowest BCUT2D eigenvalue weighted by atomic mass is 10.1. The van der Waals surface area contributed by atoms with Gasteiger partial charge in [-0.1, -0.05) is 11.6 Å². The number of aromatic nitrogens is 2. The Morgan fingerprint density at radius 1 is 1.50 bits per heavy atom. The van der Waals surface area contributed by atoms with E-state index in [9.17, 15) is 8.78 Å². The van der Waals surface area contributed by atoms with Crippen molar-refractivity contribution in [1.29, 1.82) is 0 Å². The number of halogens is 3. The fourth-order valence-corrected chi connectivity index (χ4v) is 1.80. The highest BCUT2D eigenvalue weighted by Crippen LogP contribution is 2.22. The van der Waals surface area contributed by atoms with Gasteiger partial charge in [0.25, 0.3) is 6.43 Å². The first-order chi connectivity index (χ1) is 7.51. The zero-order valence-electron chi connectivity index (χ0n) is 9.60. The number of nitrogens with one attached hydrogen (secondary N) is 1. The van der Waals surface area contributed by atoms with Gasteiger partial charge in [-0.15, -0.1) is 0 Å². The quantitative estimate of drug-likeness (QED) is 0.870. The van der Waals surface area contributed by atoms with Crippen molar-refractivity contribution in [3.8, 4) is 0 Å². The van der Waals surface area contributed by atoms with Crippen molar-refractivity contribution in [3.63, 3.8) is 0 Å². The van der Waals surface area contributed by atoms with Gasteiger partial charge < -0.3 is 5.32 Å². The highest BCUT2D eigenvalue weighted by atomic mass is 35.5. The second kappa shape index (κ2) is 5.59. The van der Waals surface area contributed by atoms with E-state index >= 15 is 0 Å². The smallest absolute Gasteiger partial charge is 0.254 e. The zero-order chi connectivity index (χ0) is 12.3. The molecule has 3 nitrogen and oxygen atoms in total. The van der Waals surface area contributed by atoms with Gasteiger partial charge in [-0.05, 0) is 20.9 Å². The first kappa shape index (κ1) is 13.4. The molecule has 0 aliphatic heterocycles. The van der Waals surface area contributed by atoms with Gasteiger partial charge in [-0.2, -0.15) is 5.10 Å². The van der Waals surface area contributed by atoms with E-state index in [2.05, 4.69) is 10.4 Å². The zero-order valence-corrected chi connectivity index (χ0v) is 10.4. The summed E-state index contributed by atoms with van der Waals surface area (Å²) in [6.07, 6.45) is -2.23. The normalized spacial score (nSPS) is 13.4. The van der Waals surface area contributed by atoms with Crippen LogP contribution < -0.4 is 5.32 Å². The van der Waals surface area contributed by atoms with Crippen LogP contribution in [0.25, 0.3) is 0 Å². The van der Waals surface area contributed by atoms with Crippen molar-refractivity contribution in [3.05, 3.63) is 16.4 Å². The van der Waals surface area contributed by atoms with Crippen LogP contribution in [0, 0.1) is 6.92 Å². The Morgan fingerprint density at radius 2 is 2.12 bits per heavy atom. The summed E-state index contributed by atoms with van der Waals surface area (Å²) in [5.74, 6) is 0. The predicted octanol–water partition coefficient (Wildman–Crippen LogP) is 2.26. The number of hydrogen-bond acceptors (Lipinski definition) is 2. The highest BCUT2D eigenvalue weighted by molar-refractivity contribution is 6.31. The molecule has 0 bridgehead atoms. The Balaban J connectivity index is 2.94. The Kier molecular flexibility index (Phi) is 4.68. The summed E-state index contributed by atoms with van der Waals surface area (Å²) in [6.45, 7) is 4.31. The van der Waals surface area contributed by atoms with E-state index in [-0.39, 0.29) is 6.42 Å². The molecule has 0 fully saturated rings. The molecule has 1 N–H and O–H groups in total. The summed E-state index contributed by atoms with van der Waals surface area (Å²) in [4.78, 5) is 0. The minimum Gasteiger partial charge on any atom is -0.312 e. The van der Waals surface area contributed by atoms with E-state index in [1.54, 1.807) is 11.6 Å². The van der Waals surface area contributed by atoms with Crippen LogP contribution >= 0.6 is 11.6 Å². The Bertz CT molecular complexity index is 352. The molecule has 0 aliphatic carbocycles. The third kappa shape index (κ3) is 2.71. The second-order valence-corrected chi connectivity index (χ2v) is 3.97. The van der Waals surface area contributed by atoms with Crippen molar-refractivity contribution in [2.45, 2.75) is 39.3 Å². The average Bonchev–Trinajstić information content (AvgIpc) is 2.51. The van der Waals surface area contributed by atoms with E-state index in [1.807, 2.05) is 6.92 Å². The van der Waals surface area contributed by atoms with Gasteiger partial charge in [0.2, 0.25) is 0 Å². The van der Waals surface area contributed by atoms with Gasteiger partial charge >= 0.3 is 0 Å². The molecule has 1 atom stereocenters. The number of aryl methyl sites for hydroxylation is 2. The highest BCUT2D eigenvalue weighted by Gasteiger charge is 2.23. The topological polar surface area (TPSA) is 29.9 Å². The molecule has 1 aromatic rings. The van der Waals surface area contributed by atoms with Crippen LogP contribution in [0.4, 0.5) is 8.78 Å². The standard InChI is InChI=1S/C10H16ClF2N3/c1-4-16-8(9(11)6(2)15-16)5-7(14-3)10(12)13/h7,10,14H,4-5H2,1-3H3. The average molecular weight is 252 g/mol. The summed E-state index contributed by atoms with van der Waals surface area (Å²) in [7, 11) is 1.52. The van der Waals surface area contributed by atoms with Crippen molar-refractivity contribution in [2.75, 3.05) is 7.05 Å². The lowest BCUT2D eigenvalue weighted by Gasteiger charge is -2.15. The van der Waals surface area contributed by atoms with Crippen LogP contribution in [0.1, 0.15) is 18.3 Å². The lowest BCUT2D eigenvalue weighted by Crippen LogP contribution is -2.35. The molecule has 1 unspecified atom stereocenters. The van der Waals surface area contributed by atoms with E-state index in [0.29, 0.717) is 23.0 Å². The molecule has 1 heterocycles. The summed E-state index contributed by atoms with van der Waals surface area (Å²) < 4.78 is 26.9. The van der Waals surface area contributed by atoms with Gasteiger partial charge in [0.05, 0.1) is 22.5 Å². The van der Waals surface area contributed by atoms with E-state index < -0.39 is 12.5 Å². The van der Waals surface area contributed by atoms with E-state index in [0.717, 1.165) is 0 Å². The molecule has 1 rings (SSSR count). The second-order valence-electron chi connectivity index (χ2n) is 3.60. The molecule has 16 heavy (non-hydrogen) atoms. The maximum atomic E-state index is 12.6. The first-order valence-corrected chi connectivity index (χ1v) is 5.56. The number of rotatable bonds is 5. The SMILES string of the molecule is CCn1nc(C)c(Cl)c1CC(NC)C(F)F. The summed E-state index contributed by atoms with van der Waals surface area (Å²) in [6, 6.07) is -0.890. The van der Waals surface area contributed by atoms with Crippen molar-refractivity contribution >= 4 is 11.6 Å². The number of likely N-dealkylation sites (N-methyl/N-ethyl adjacent to an activating group) is 1. The molecule has 0 saturated heterocycles. The van der Waals surface area contributed by atoms with Crippen LogP contribution in [0.5, 0.6) is 0 Å². The third-order valence-electron chi connectivity index (χ3n) is 2.54. The van der Waals surface area contributed by atoms with E-state index in [1.165, 1.54) is 7.05 Å². The molecule has 0 radical (unpaired) electrons. The third-order valence-corrected chi connectivity index (χ3v) is 3.03. The van der Waals surface area contributed by atoms with Gasteiger partial charge in [-0.3, -0.25) is 4.68 Å². The molecular formula is C10H16ClF2N3. The molecule has 6 heteroatoms. The fraction of sp³-hybridized carbons (Fsp3) is 0.700. The molecule has 0 saturated carbocycles. The molecule has 92 valence electrons. The molecular weight excluding hydrogens is 236 g/mol. The van der Waals surface area contributed by atoms with Crippen LogP contribution in [0.2, 0.25) is 5.02 Å². The molecule has 0 spiro atoms. The summed E-state index contributed by atoms with van der Waals surface area (Å²) in [5.41, 5.74) is 1.35. The van der Waals surface area contributed by atoms with Crippen molar-refractivity contribution < 1.29 is 8.78 Å². The van der Waals surface area contributed by atoms with Gasteiger partial charge in [0.15, 0.2) is 0 Å². The number of hydrogen-bond donors (Lipinski definition) is 1. The molecule has 0 aliphatic rings. The Labute approximate surface area is 98.8 Å². The predicted molar refractivity (Wildman–Crippen MR) is 60.2 cm³/mol. The number of alkyl halides is 2. The first-order valence-electron chi connectivity index (χ1n) is 5.18. The maximum Gasteiger partial charge on any atom is 0.254 e.